The van der Waals surface area contributed by atoms with Crippen molar-refractivity contribution >= 4 is 22.7 Å². The highest BCUT2D eigenvalue weighted by atomic mass is 32.2. The number of fused-ring (bicyclic) bond motifs is 7. The number of hydrogen-bond donors (Lipinski definition) is 1. The molecule has 4 fully saturated rings. The van der Waals surface area contributed by atoms with Crippen LogP contribution in [0.15, 0.2) is 48.1 Å². The van der Waals surface area contributed by atoms with Crippen LogP contribution < -0.4 is 4.74 Å². The van der Waals surface area contributed by atoms with Gasteiger partial charge < -0.3 is 9.84 Å². The van der Waals surface area contributed by atoms with E-state index in [9.17, 15) is 19.1 Å². The first-order valence-corrected chi connectivity index (χ1v) is 16.4. The lowest BCUT2D eigenvalue weighted by molar-refractivity contribution is -0.286. The smallest absolute Gasteiger partial charge is 0.226 e. The second-order valence-electron chi connectivity index (χ2n) is 15.0. The van der Waals surface area contributed by atoms with Gasteiger partial charge in [0.2, 0.25) is 5.12 Å². The molecule has 9 atom stereocenters. The normalized spacial score (nSPS) is 43.1. The van der Waals surface area contributed by atoms with Crippen LogP contribution in [0, 0.1) is 28.1 Å². The highest BCUT2D eigenvalue weighted by Crippen LogP contribution is 2.78. The molecule has 6 nitrogen and oxygen atoms in total. The Bertz CT molecular complexity index is 1430. The van der Waals surface area contributed by atoms with Crippen LogP contribution in [0.5, 0.6) is 5.75 Å². The number of nitrogens with zero attached hydrogens (tertiary/aromatic N) is 1. The predicted octanol–water partition coefficient (Wildman–Crippen LogP) is 6.47. The summed E-state index contributed by atoms with van der Waals surface area (Å²) in [4.78, 5) is 32.8. The summed E-state index contributed by atoms with van der Waals surface area (Å²) >= 11 is 0.531. The van der Waals surface area contributed by atoms with E-state index in [1.807, 2.05) is 58.9 Å². The second-order valence-corrected chi connectivity index (χ2v) is 15.9. The number of ether oxygens (including phenoxy) is 1. The fourth-order valence-corrected chi connectivity index (χ4v) is 10.3. The first-order chi connectivity index (χ1) is 20.4. The van der Waals surface area contributed by atoms with Crippen molar-refractivity contribution in [2.24, 2.45) is 28.1 Å². The molecule has 1 aromatic rings. The number of rotatable bonds is 5. The van der Waals surface area contributed by atoms with E-state index >= 15 is 8.78 Å². The lowest BCUT2D eigenvalue weighted by Crippen LogP contribution is -2.73. The molecular formula is C34H42F3NO5S. The number of alkyl halides is 3. The maximum atomic E-state index is 17.8. The predicted molar refractivity (Wildman–Crippen MR) is 162 cm³/mol. The Labute approximate surface area is 261 Å². The summed E-state index contributed by atoms with van der Waals surface area (Å²) in [5.74, 6) is -1.11. The van der Waals surface area contributed by atoms with E-state index in [0.29, 0.717) is 31.3 Å². The Morgan fingerprint density at radius 1 is 1.18 bits per heavy atom. The van der Waals surface area contributed by atoms with Gasteiger partial charge in [-0.1, -0.05) is 43.8 Å². The lowest BCUT2D eigenvalue weighted by atomic mass is 9.40. The molecule has 1 saturated heterocycles. The quantitative estimate of drug-likeness (QED) is 0.398. The van der Waals surface area contributed by atoms with E-state index in [0.717, 1.165) is 11.3 Å². The van der Waals surface area contributed by atoms with Gasteiger partial charge in [-0.3, -0.25) is 14.4 Å². The standard InChI is InChI=1S/C34H42F3NO5S/c1-29(2,3)42-23-9-7-20(8-10-23)17-38-18-21-15-31(5)26-14-25(36)24-13-22(39)11-12-30(24,4)33(26,37)27(40)16-32(31,6)34(21,43-38)28(41)44-19-35/h7-13,21,25-27,40H,14-19H2,1-6H3/t21-,25-,26-,27-,30-,31-,32-,33-,34-/m0/s1. The zero-order chi connectivity index (χ0) is 32.1. The lowest BCUT2D eigenvalue weighted by Gasteiger charge is -2.67. The summed E-state index contributed by atoms with van der Waals surface area (Å²) in [6.45, 7) is 11.9. The van der Waals surface area contributed by atoms with Gasteiger partial charge in [0.05, 0.1) is 6.10 Å². The molecule has 5 aliphatic rings. The van der Waals surface area contributed by atoms with E-state index in [-0.39, 0.29) is 24.0 Å². The Kier molecular flexibility index (Phi) is 7.36. The average molecular weight is 634 g/mol. The molecule has 240 valence electrons. The van der Waals surface area contributed by atoms with Crippen LogP contribution in [0.1, 0.15) is 66.4 Å². The van der Waals surface area contributed by atoms with Crippen molar-refractivity contribution in [1.29, 1.82) is 0 Å². The topological polar surface area (TPSA) is 76.1 Å². The molecule has 0 bridgehead atoms. The molecule has 1 N–H and O–H groups in total. The van der Waals surface area contributed by atoms with E-state index in [2.05, 4.69) is 0 Å². The van der Waals surface area contributed by atoms with Crippen molar-refractivity contribution < 1.29 is 37.4 Å². The largest absolute Gasteiger partial charge is 0.488 e. The van der Waals surface area contributed by atoms with Crippen LogP contribution in [0.25, 0.3) is 0 Å². The summed E-state index contributed by atoms with van der Waals surface area (Å²) in [6, 6.07) is 6.65. The number of allylic oxidation sites excluding steroid dienone is 4. The molecule has 10 heteroatoms. The van der Waals surface area contributed by atoms with Crippen molar-refractivity contribution in [2.45, 2.75) is 96.5 Å². The molecule has 0 radical (unpaired) electrons. The van der Waals surface area contributed by atoms with Gasteiger partial charge in [0.25, 0.3) is 0 Å². The van der Waals surface area contributed by atoms with Crippen LogP contribution in [0.3, 0.4) is 0 Å². The van der Waals surface area contributed by atoms with Crippen molar-refractivity contribution in [3.63, 3.8) is 0 Å². The van der Waals surface area contributed by atoms with Gasteiger partial charge in [0, 0.05) is 35.8 Å². The Morgan fingerprint density at radius 3 is 2.50 bits per heavy atom. The number of hydrogen-bond acceptors (Lipinski definition) is 7. The Hall–Kier alpha value is -2.14. The minimum absolute atomic E-state index is 0.0494. The van der Waals surface area contributed by atoms with Gasteiger partial charge in [0.15, 0.2) is 17.1 Å². The Balaban J connectivity index is 1.36. The number of aliphatic hydroxyl groups is 1. The van der Waals surface area contributed by atoms with Crippen LogP contribution in [0.2, 0.25) is 0 Å². The van der Waals surface area contributed by atoms with Crippen LogP contribution >= 0.6 is 11.8 Å². The van der Waals surface area contributed by atoms with Gasteiger partial charge in [-0.2, -0.15) is 5.06 Å². The first-order valence-electron chi connectivity index (χ1n) is 15.4. The number of ketones is 1. The van der Waals surface area contributed by atoms with Crippen LogP contribution in [-0.2, 0) is 21.0 Å². The third-order valence-electron chi connectivity index (χ3n) is 11.6. The summed E-state index contributed by atoms with van der Waals surface area (Å²) in [7, 11) is 0. The minimum Gasteiger partial charge on any atom is -0.488 e. The number of benzene rings is 1. The molecule has 1 aliphatic heterocycles. The van der Waals surface area contributed by atoms with Gasteiger partial charge >= 0.3 is 0 Å². The van der Waals surface area contributed by atoms with Crippen molar-refractivity contribution in [1.82, 2.24) is 5.06 Å². The van der Waals surface area contributed by atoms with E-state index in [1.165, 1.54) is 18.2 Å². The summed E-state index contributed by atoms with van der Waals surface area (Å²) in [5, 5.41) is 13.0. The molecule has 3 saturated carbocycles. The first kappa shape index (κ1) is 31.8. The maximum absolute atomic E-state index is 17.8. The van der Waals surface area contributed by atoms with Gasteiger partial charge in [0.1, 0.15) is 23.5 Å². The number of halogens is 3. The molecule has 6 rings (SSSR count). The highest BCUT2D eigenvalue weighted by Gasteiger charge is 2.83. The zero-order valence-electron chi connectivity index (χ0n) is 26.2. The zero-order valence-corrected chi connectivity index (χ0v) is 27.0. The summed E-state index contributed by atoms with van der Waals surface area (Å²) < 4.78 is 53.5. The minimum atomic E-state index is -2.29. The van der Waals surface area contributed by atoms with Gasteiger partial charge in [-0.25, -0.2) is 13.2 Å². The summed E-state index contributed by atoms with van der Waals surface area (Å²) in [6.07, 6.45) is 0.606. The van der Waals surface area contributed by atoms with Gasteiger partial charge in [-0.15, -0.1) is 0 Å². The maximum Gasteiger partial charge on any atom is 0.226 e. The Morgan fingerprint density at radius 2 is 1.86 bits per heavy atom. The fourth-order valence-electron chi connectivity index (χ4n) is 9.59. The summed E-state index contributed by atoms with van der Waals surface area (Å²) in [5.41, 5.74) is -6.87. The molecule has 0 amide bonds. The number of thioether (sulfide) groups is 1. The van der Waals surface area contributed by atoms with Gasteiger partial charge in [-0.05, 0) is 87.8 Å². The molecule has 4 aliphatic carbocycles. The van der Waals surface area contributed by atoms with Crippen molar-refractivity contribution in [3.05, 3.63) is 53.6 Å². The molecule has 1 heterocycles. The fraction of sp³-hybridized carbons (Fsp3) is 0.647. The number of carbonyl (C=O) groups is 2. The third kappa shape index (κ3) is 4.19. The molecule has 1 aromatic carbocycles. The third-order valence-corrected chi connectivity index (χ3v) is 12.3. The molecule has 0 aromatic heterocycles. The molecule has 0 spiro atoms. The van der Waals surface area contributed by atoms with E-state index < -0.39 is 68.5 Å². The van der Waals surface area contributed by atoms with Crippen molar-refractivity contribution in [3.8, 4) is 5.75 Å². The number of hydroxylamine groups is 2. The molecule has 44 heavy (non-hydrogen) atoms. The SMILES string of the molecule is CC(C)(C)Oc1ccc(CN2C[C@@H]3C[C@@]4(C)[C@@H]5C[C@H](F)C6=CC(=O)C=C[C@]6(C)[C@@]5(F)[C@@H](O)C[C@]4(C)[C@]3(C(=O)SCF)O2)cc1. The average Bonchev–Trinajstić information content (AvgIpc) is 3.37. The second kappa shape index (κ2) is 10.2. The number of carbonyl (C=O) groups excluding carboxylic acids is 2. The van der Waals surface area contributed by atoms with E-state index in [1.54, 1.807) is 12.0 Å². The highest BCUT2D eigenvalue weighted by molar-refractivity contribution is 8.13. The van der Waals surface area contributed by atoms with Crippen LogP contribution in [-0.4, -0.2) is 62.8 Å². The monoisotopic (exact) mass is 633 g/mol. The van der Waals surface area contributed by atoms with Crippen molar-refractivity contribution in [2.75, 3.05) is 12.6 Å². The molecule has 0 unspecified atom stereocenters. The van der Waals surface area contributed by atoms with Crippen LogP contribution in [0.4, 0.5) is 13.2 Å². The number of aliphatic hydroxyl groups excluding tert-OH is 1. The van der Waals surface area contributed by atoms with E-state index in [4.69, 9.17) is 9.57 Å². The molecular weight excluding hydrogens is 591 g/mol.